The minimum Gasteiger partial charge on any atom is -0.772 e. The molecule has 0 aliphatic carbocycles. The lowest BCUT2D eigenvalue weighted by molar-refractivity contribution is -0.120. The Morgan fingerprint density at radius 3 is 2.77 bits per heavy atom. The van der Waals surface area contributed by atoms with Crippen LogP contribution in [0.2, 0.25) is 10.0 Å². The normalized spacial score (nSPS) is 11.9. The molecule has 12 heteroatoms. The fourth-order valence-corrected chi connectivity index (χ4v) is 4.10. The number of hydrogen-bond donors (Lipinski definition) is 2. The minimum atomic E-state index is -2.24. The van der Waals surface area contributed by atoms with Crippen LogP contribution in [0.4, 0.5) is 11.5 Å². The van der Waals surface area contributed by atoms with Crippen LogP contribution in [0.1, 0.15) is 6.42 Å². The molecule has 0 fully saturated rings. The molecule has 2 aromatic carbocycles. The van der Waals surface area contributed by atoms with Gasteiger partial charge in [-0.2, -0.15) is 0 Å². The minimum absolute atomic E-state index is 0.0732. The lowest BCUT2D eigenvalue weighted by Gasteiger charge is -2.13. The molecule has 4 aromatic rings. The number of aromatic nitrogens is 3. The van der Waals surface area contributed by atoms with Gasteiger partial charge in [-0.25, -0.2) is 9.97 Å². The number of rotatable bonds is 10. The average Bonchev–Trinajstić information content (AvgIpc) is 3.24. The Kier molecular flexibility index (Phi) is 8.19. The summed E-state index contributed by atoms with van der Waals surface area (Å²) in [5.41, 5.74) is 2.17. The number of nitrogens with one attached hydrogen (secondary N) is 2. The van der Waals surface area contributed by atoms with Crippen molar-refractivity contribution in [2.24, 2.45) is 0 Å². The van der Waals surface area contributed by atoms with Gasteiger partial charge in [-0.3, -0.25) is 9.00 Å². The van der Waals surface area contributed by atoms with E-state index in [1.165, 1.54) is 6.33 Å². The summed E-state index contributed by atoms with van der Waals surface area (Å²) in [6.45, 7) is 0.773. The molecule has 0 saturated heterocycles. The number of fused-ring (bicyclic) bond motifs is 1. The largest absolute Gasteiger partial charge is 0.772 e. The number of nitrogens with zero attached hydrogens (tertiary/aromatic N) is 3. The molecule has 2 N–H and O–H groups in total. The van der Waals surface area contributed by atoms with Crippen LogP contribution in [0.25, 0.3) is 11.0 Å². The predicted molar refractivity (Wildman–Crippen MR) is 135 cm³/mol. The Balaban J connectivity index is 1.46. The molecule has 9 nitrogen and oxygen atoms in total. The molecule has 35 heavy (non-hydrogen) atoms. The first kappa shape index (κ1) is 24.9. The van der Waals surface area contributed by atoms with Gasteiger partial charge in [0.15, 0.2) is 5.82 Å². The quantitative estimate of drug-likeness (QED) is 0.285. The van der Waals surface area contributed by atoms with Crippen molar-refractivity contribution in [3.05, 3.63) is 71.1 Å². The molecule has 1 amide bonds. The number of hydrogen-bond acceptors (Lipinski definition) is 7. The van der Waals surface area contributed by atoms with Crippen LogP contribution in [-0.4, -0.2) is 41.5 Å². The molecular formula is C23H20Cl2N5O4S-. The van der Waals surface area contributed by atoms with Gasteiger partial charge in [0.05, 0.1) is 10.5 Å². The van der Waals surface area contributed by atoms with Crippen LogP contribution in [0.15, 0.2) is 61.1 Å². The fourth-order valence-electron chi connectivity index (χ4n) is 3.35. The van der Waals surface area contributed by atoms with E-state index in [-0.39, 0.29) is 18.1 Å². The number of ether oxygens (including phenoxy) is 1. The number of carbonyl (C=O) groups is 1. The van der Waals surface area contributed by atoms with E-state index in [0.29, 0.717) is 46.1 Å². The van der Waals surface area contributed by atoms with Crippen molar-refractivity contribution >= 4 is 62.7 Å². The molecule has 1 unspecified atom stereocenters. The molecule has 2 heterocycles. The number of carbonyl (C=O) groups excluding carboxylic acids is 1. The zero-order chi connectivity index (χ0) is 24.8. The molecule has 0 saturated carbocycles. The van der Waals surface area contributed by atoms with Gasteiger partial charge >= 0.3 is 0 Å². The summed E-state index contributed by atoms with van der Waals surface area (Å²) in [6, 6.07) is 14.2. The van der Waals surface area contributed by atoms with Gasteiger partial charge in [-0.1, -0.05) is 40.3 Å². The zero-order valence-electron chi connectivity index (χ0n) is 18.2. The number of halogens is 2. The van der Waals surface area contributed by atoms with Gasteiger partial charge in [0.2, 0.25) is 5.91 Å². The van der Waals surface area contributed by atoms with Crippen molar-refractivity contribution in [1.82, 2.24) is 19.9 Å². The molecule has 0 aliphatic heterocycles. The van der Waals surface area contributed by atoms with Crippen LogP contribution in [-0.2, 0) is 22.4 Å². The Morgan fingerprint density at radius 1 is 1.14 bits per heavy atom. The highest BCUT2D eigenvalue weighted by molar-refractivity contribution is 7.79. The van der Waals surface area contributed by atoms with E-state index in [9.17, 15) is 13.6 Å². The Morgan fingerprint density at radius 2 is 2.00 bits per heavy atom. The van der Waals surface area contributed by atoms with Gasteiger partial charge in [-0.15, -0.1) is 0 Å². The summed E-state index contributed by atoms with van der Waals surface area (Å²) < 4.78 is 28.9. The van der Waals surface area contributed by atoms with E-state index in [0.717, 1.165) is 11.0 Å². The highest BCUT2D eigenvalue weighted by Gasteiger charge is 2.12. The molecule has 1 atom stereocenters. The highest BCUT2D eigenvalue weighted by atomic mass is 35.5. The third-order valence-corrected chi connectivity index (χ3v) is 6.01. The van der Waals surface area contributed by atoms with Crippen LogP contribution >= 0.6 is 23.2 Å². The van der Waals surface area contributed by atoms with Crippen LogP contribution in [0.5, 0.6) is 11.5 Å². The third-order valence-electron chi connectivity index (χ3n) is 4.94. The molecule has 0 spiro atoms. The summed E-state index contributed by atoms with van der Waals surface area (Å²) in [6.07, 6.45) is 3.23. The van der Waals surface area contributed by atoms with Gasteiger partial charge < -0.3 is 24.5 Å². The van der Waals surface area contributed by atoms with Crippen molar-refractivity contribution in [3.8, 4) is 11.5 Å². The van der Waals surface area contributed by atoms with Crippen molar-refractivity contribution in [3.63, 3.8) is 0 Å². The van der Waals surface area contributed by atoms with Crippen LogP contribution in [0.3, 0.4) is 0 Å². The van der Waals surface area contributed by atoms with Gasteiger partial charge in [-0.05, 0) is 42.5 Å². The lowest BCUT2D eigenvalue weighted by atomic mass is 10.3. The van der Waals surface area contributed by atoms with Crippen LogP contribution < -0.4 is 15.4 Å². The van der Waals surface area contributed by atoms with Crippen molar-refractivity contribution in [2.45, 2.75) is 13.0 Å². The Labute approximate surface area is 213 Å². The lowest BCUT2D eigenvalue weighted by Crippen LogP contribution is -2.28. The SMILES string of the molecule is O=C(CCS(=O)[O-])NCCn1ccc2ncnc(Nc3ccc(Oc4cccc(Cl)c4)c(Cl)c3)c21. The predicted octanol–water partition coefficient (Wildman–Crippen LogP) is 4.66. The van der Waals surface area contributed by atoms with Crippen LogP contribution in [0, 0.1) is 0 Å². The smallest absolute Gasteiger partial charge is 0.220 e. The summed E-state index contributed by atoms with van der Waals surface area (Å²) in [7, 11) is 0. The standard InChI is InChI=1S/C23H21Cl2N5O4S/c24-15-2-1-3-17(12-15)34-20-5-4-16(13-18(20)25)29-23-22-19(27-14-28-23)6-9-30(22)10-8-26-21(31)7-11-35(32)33/h1-6,9,12-14H,7-8,10-11H2,(H,26,31)(H,32,33)(H,27,28,29)/p-1. The van der Waals surface area contributed by atoms with Gasteiger partial charge in [0, 0.05) is 42.2 Å². The number of amides is 1. The van der Waals surface area contributed by atoms with Gasteiger partial charge in [0.25, 0.3) is 0 Å². The summed E-state index contributed by atoms with van der Waals surface area (Å²) >= 11 is 10.2. The first-order valence-electron chi connectivity index (χ1n) is 10.5. The zero-order valence-corrected chi connectivity index (χ0v) is 20.6. The maximum Gasteiger partial charge on any atom is 0.220 e. The third kappa shape index (κ3) is 6.70. The first-order valence-corrected chi connectivity index (χ1v) is 12.5. The average molecular weight is 533 g/mol. The molecule has 0 radical (unpaired) electrons. The summed E-state index contributed by atoms with van der Waals surface area (Å²) in [5, 5.41) is 6.93. The molecule has 0 aliphatic rings. The molecule has 2 aromatic heterocycles. The summed E-state index contributed by atoms with van der Waals surface area (Å²) in [5.74, 6) is 1.09. The Bertz CT molecular complexity index is 1380. The van der Waals surface area contributed by atoms with E-state index in [2.05, 4.69) is 20.6 Å². The second-order valence-electron chi connectivity index (χ2n) is 7.40. The maximum absolute atomic E-state index is 11.8. The maximum atomic E-state index is 11.8. The van der Waals surface area contributed by atoms with Crippen molar-refractivity contribution in [1.29, 1.82) is 0 Å². The van der Waals surface area contributed by atoms with E-state index in [4.69, 9.17) is 27.9 Å². The van der Waals surface area contributed by atoms with E-state index in [1.54, 1.807) is 36.4 Å². The highest BCUT2D eigenvalue weighted by Crippen LogP contribution is 2.34. The monoisotopic (exact) mass is 532 g/mol. The Hall–Kier alpha value is -3.18. The number of anilines is 2. The molecular weight excluding hydrogens is 513 g/mol. The molecule has 182 valence electrons. The molecule has 4 rings (SSSR count). The molecule has 0 bridgehead atoms. The fraction of sp³-hybridized carbons (Fsp3) is 0.174. The first-order chi connectivity index (χ1) is 16.9. The van der Waals surface area contributed by atoms with E-state index < -0.39 is 11.1 Å². The summed E-state index contributed by atoms with van der Waals surface area (Å²) in [4.78, 5) is 20.4. The second-order valence-corrected chi connectivity index (χ2v) is 9.26. The van der Waals surface area contributed by atoms with Crippen molar-refractivity contribution in [2.75, 3.05) is 17.6 Å². The van der Waals surface area contributed by atoms with Gasteiger partial charge in [0.1, 0.15) is 23.3 Å². The van der Waals surface area contributed by atoms with E-state index >= 15 is 0 Å². The second kappa shape index (κ2) is 11.5. The topological polar surface area (TPSA) is 121 Å². The van der Waals surface area contributed by atoms with E-state index in [1.807, 2.05) is 22.9 Å². The number of benzene rings is 2. The van der Waals surface area contributed by atoms with Crippen molar-refractivity contribution < 1.29 is 18.3 Å².